The number of likely N-dealkylation sites (N-methyl/N-ethyl adjacent to an activating group) is 1. The minimum absolute atomic E-state index is 0.0594. The molecule has 0 unspecified atom stereocenters. The van der Waals surface area contributed by atoms with E-state index in [1.807, 2.05) is 0 Å². The van der Waals surface area contributed by atoms with E-state index < -0.39 is 34.1 Å². The van der Waals surface area contributed by atoms with Gasteiger partial charge < -0.3 is 9.64 Å². The van der Waals surface area contributed by atoms with E-state index in [1.54, 1.807) is 19.1 Å². The van der Waals surface area contributed by atoms with Gasteiger partial charge >= 0.3 is 5.97 Å². The maximum atomic E-state index is 13.7. The topological polar surface area (TPSA) is 80.8 Å². The van der Waals surface area contributed by atoms with Gasteiger partial charge in [-0.1, -0.05) is 6.07 Å². The molecule has 1 aliphatic heterocycles. The van der Waals surface area contributed by atoms with Crippen LogP contribution in [0, 0.1) is 5.82 Å². The van der Waals surface area contributed by atoms with E-state index in [9.17, 15) is 22.4 Å². The fraction of sp³-hybridized carbons (Fsp3) is 0.412. The number of esters is 1. The fourth-order valence-corrected chi connectivity index (χ4v) is 5.77. The normalized spacial score (nSPS) is 18.8. The highest BCUT2D eigenvalue weighted by Gasteiger charge is 2.34. The van der Waals surface area contributed by atoms with Gasteiger partial charge in [0.05, 0.1) is 11.5 Å². The minimum atomic E-state index is -3.11. The molecular weight excluding hydrogens is 381 g/mol. The molecule has 1 saturated heterocycles. The van der Waals surface area contributed by atoms with Gasteiger partial charge in [-0.15, -0.1) is 11.3 Å². The number of ether oxygens (including phenoxy) is 1. The van der Waals surface area contributed by atoms with Crippen molar-refractivity contribution < 1.29 is 27.1 Å². The third-order valence-electron chi connectivity index (χ3n) is 4.35. The molecule has 0 saturated carbocycles. The molecule has 0 aliphatic carbocycles. The maximum absolute atomic E-state index is 13.7. The lowest BCUT2D eigenvalue weighted by Crippen LogP contribution is -2.43. The number of halogens is 1. The lowest BCUT2D eigenvalue weighted by atomic mass is 10.2. The van der Waals surface area contributed by atoms with Crippen molar-refractivity contribution in [2.75, 3.05) is 24.7 Å². The van der Waals surface area contributed by atoms with Crippen LogP contribution in [0.4, 0.5) is 4.39 Å². The molecule has 0 spiro atoms. The van der Waals surface area contributed by atoms with E-state index in [0.29, 0.717) is 23.1 Å². The molecule has 2 aromatic rings. The van der Waals surface area contributed by atoms with Crippen LogP contribution in [0.2, 0.25) is 0 Å². The monoisotopic (exact) mass is 399 g/mol. The summed E-state index contributed by atoms with van der Waals surface area (Å²) in [5, 5.41) is 0.335. The summed E-state index contributed by atoms with van der Waals surface area (Å²) < 4.78 is 42.6. The number of carbonyl (C=O) groups excluding carboxylic acids is 2. The van der Waals surface area contributed by atoms with Crippen LogP contribution < -0.4 is 0 Å². The predicted octanol–water partition coefficient (Wildman–Crippen LogP) is 2.23. The maximum Gasteiger partial charge on any atom is 0.348 e. The highest BCUT2D eigenvalue weighted by molar-refractivity contribution is 7.91. The summed E-state index contributed by atoms with van der Waals surface area (Å²) >= 11 is 1.09. The molecule has 1 aliphatic rings. The van der Waals surface area contributed by atoms with Crippen molar-refractivity contribution in [3.8, 4) is 0 Å². The highest BCUT2D eigenvalue weighted by Crippen LogP contribution is 2.28. The van der Waals surface area contributed by atoms with Crippen LogP contribution in [-0.4, -0.2) is 55.9 Å². The van der Waals surface area contributed by atoms with Crippen molar-refractivity contribution >= 4 is 43.1 Å². The van der Waals surface area contributed by atoms with E-state index in [4.69, 9.17) is 4.74 Å². The Bertz CT molecular complexity index is 953. The quantitative estimate of drug-likeness (QED) is 0.721. The first kappa shape index (κ1) is 18.8. The van der Waals surface area contributed by atoms with Crippen molar-refractivity contribution in [3.05, 3.63) is 35.0 Å². The lowest BCUT2D eigenvalue weighted by Gasteiger charge is -2.26. The van der Waals surface area contributed by atoms with Crippen LogP contribution in [-0.2, 0) is 19.4 Å². The number of rotatable bonds is 5. The Morgan fingerprint density at radius 2 is 2.15 bits per heavy atom. The second-order valence-electron chi connectivity index (χ2n) is 6.08. The highest BCUT2D eigenvalue weighted by atomic mass is 32.2. The molecule has 26 heavy (non-hydrogen) atoms. The number of hydrogen-bond acceptors (Lipinski definition) is 6. The summed E-state index contributed by atoms with van der Waals surface area (Å²) in [4.78, 5) is 26.1. The number of sulfone groups is 1. The summed E-state index contributed by atoms with van der Waals surface area (Å²) in [6.45, 7) is 1.62. The van der Waals surface area contributed by atoms with Crippen LogP contribution >= 0.6 is 11.3 Å². The predicted molar refractivity (Wildman–Crippen MR) is 96.5 cm³/mol. The molecule has 6 nitrogen and oxygen atoms in total. The zero-order valence-corrected chi connectivity index (χ0v) is 15.7. The number of nitrogens with zero attached hydrogens (tertiary/aromatic N) is 1. The zero-order chi connectivity index (χ0) is 18.9. The molecular formula is C17H18FNO5S2. The molecule has 0 bridgehead atoms. The Balaban J connectivity index is 1.64. The van der Waals surface area contributed by atoms with Gasteiger partial charge in [-0.05, 0) is 31.5 Å². The number of fused-ring (bicyclic) bond motifs is 1. The summed E-state index contributed by atoms with van der Waals surface area (Å²) in [6.07, 6.45) is 0.394. The Morgan fingerprint density at radius 3 is 2.77 bits per heavy atom. The number of carbonyl (C=O) groups is 2. The van der Waals surface area contributed by atoms with Crippen LogP contribution in [0.1, 0.15) is 23.0 Å². The summed E-state index contributed by atoms with van der Waals surface area (Å²) in [5.41, 5.74) is 0. The zero-order valence-electron chi connectivity index (χ0n) is 14.1. The average molecular weight is 399 g/mol. The van der Waals surface area contributed by atoms with Gasteiger partial charge in [-0.25, -0.2) is 17.6 Å². The number of hydrogen-bond donors (Lipinski definition) is 0. The van der Waals surface area contributed by atoms with Gasteiger partial charge in [-0.3, -0.25) is 4.79 Å². The summed E-state index contributed by atoms with van der Waals surface area (Å²) in [5.74, 6) is -1.55. The van der Waals surface area contributed by atoms with Crippen molar-refractivity contribution in [2.24, 2.45) is 0 Å². The Hall–Kier alpha value is -2.00. The van der Waals surface area contributed by atoms with Crippen LogP contribution in [0.15, 0.2) is 24.3 Å². The third kappa shape index (κ3) is 3.88. The Kier molecular flexibility index (Phi) is 5.29. The van der Waals surface area contributed by atoms with E-state index >= 15 is 0 Å². The Morgan fingerprint density at radius 1 is 1.38 bits per heavy atom. The SMILES string of the molecule is CCN(C(=O)COC(=O)c1cc2c(F)cccc2s1)[C@H]1CCS(=O)(=O)C1. The molecule has 1 aromatic carbocycles. The molecule has 1 aromatic heterocycles. The Labute approximate surface area is 154 Å². The summed E-state index contributed by atoms with van der Waals surface area (Å²) in [6, 6.07) is 5.59. The van der Waals surface area contributed by atoms with Crippen LogP contribution in [0.5, 0.6) is 0 Å². The van der Waals surface area contributed by atoms with Gasteiger partial charge in [0, 0.05) is 22.7 Å². The molecule has 1 amide bonds. The first-order valence-corrected chi connectivity index (χ1v) is 10.8. The largest absolute Gasteiger partial charge is 0.451 e. The number of benzene rings is 1. The minimum Gasteiger partial charge on any atom is -0.451 e. The number of thiophene rings is 1. The molecule has 1 fully saturated rings. The first-order valence-electron chi connectivity index (χ1n) is 8.16. The average Bonchev–Trinajstić information content (AvgIpc) is 3.18. The molecule has 0 radical (unpaired) electrons. The second kappa shape index (κ2) is 7.32. The first-order chi connectivity index (χ1) is 12.3. The number of amides is 1. The van der Waals surface area contributed by atoms with Crippen molar-refractivity contribution in [3.63, 3.8) is 0 Å². The molecule has 2 heterocycles. The van der Waals surface area contributed by atoms with Gasteiger partial charge in [-0.2, -0.15) is 0 Å². The van der Waals surface area contributed by atoms with Crippen molar-refractivity contribution in [1.82, 2.24) is 4.90 Å². The van der Waals surface area contributed by atoms with E-state index in [0.717, 1.165) is 11.3 Å². The fourth-order valence-electron chi connectivity index (χ4n) is 3.07. The second-order valence-corrected chi connectivity index (χ2v) is 9.39. The molecule has 140 valence electrons. The molecule has 1 atom stereocenters. The van der Waals surface area contributed by atoms with Gasteiger partial charge in [0.2, 0.25) is 0 Å². The van der Waals surface area contributed by atoms with Gasteiger partial charge in [0.15, 0.2) is 16.4 Å². The smallest absolute Gasteiger partial charge is 0.348 e. The van der Waals surface area contributed by atoms with Gasteiger partial charge in [0.1, 0.15) is 10.7 Å². The van der Waals surface area contributed by atoms with E-state index in [-0.39, 0.29) is 22.4 Å². The molecule has 0 N–H and O–H groups in total. The van der Waals surface area contributed by atoms with E-state index in [2.05, 4.69) is 0 Å². The van der Waals surface area contributed by atoms with Crippen molar-refractivity contribution in [1.29, 1.82) is 0 Å². The van der Waals surface area contributed by atoms with Crippen LogP contribution in [0.25, 0.3) is 10.1 Å². The molecule has 3 rings (SSSR count). The van der Waals surface area contributed by atoms with E-state index in [1.165, 1.54) is 17.0 Å². The van der Waals surface area contributed by atoms with Gasteiger partial charge in [0.25, 0.3) is 5.91 Å². The van der Waals surface area contributed by atoms with Crippen molar-refractivity contribution in [2.45, 2.75) is 19.4 Å². The lowest BCUT2D eigenvalue weighted by molar-refractivity contribution is -0.136. The molecule has 9 heteroatoms. The third-order valence-corrected chi connectivity index (χ3v) is 7.18. The van der Waals surface area contributed by atoms with Crippen LogP contribution in [0.3, 0.4) is 0 Å². The standard InChI is InChI=1S/C17H18FNO5S2/c1-2-19(11-6-7-26(22,23)10-11)16(20)9-24-17(21)15-8-12-13(18)4-3-5-14(12)25-15/h3-5,8,11H,2,6-7,9-10H2,1H3/t11-/m0/s1. The summed E-state index contributed by atoms with van der Waals surface area (Å²) in [7, 11) is -3.11.